The zero-order valence-electron chi connectivity index (χ0n) is 8.24. The molecule has 1 rings (SSSR count). The molecule has 0 fully saturated rings. The Hall–Kier alpha value is -1.71. The number of rotatable bonds is 3. The Kier molecular flexibility index (Phi) is 3.34. The lowest BCUT2D eigenvalue weighted by Crippen LogP contribution is -2.31. The van der Waals surface area contributed by atoms with E-state index < -0.39 is 0 Å². The minimum atomic E-state index is -0.346. The smallest absolute Gasteiger partial charge is 0.265 e. The number of amides is 1. The van der Waals surface area contributed by atoms with E-state index >= 15 is 0 Å². The van der Waals surface area contributed by atoms with Gasteiger partial charge in [0.25, 0.3) is 5.91 Å². The summed E-state index contributed by atoms with van der Waals surface area (Å²) in [4.78, 5) is 15.1. The fraction of sp³-hybridized carbons (Fsp3) is 0.300. The highest BCUT2D eigenvalue weighted by Gasteiger charge is 2.10. The molecule has 0 saturated carbocycles. The van der Waals surface area contributed by atoms with Gasteiger partial charge in [0, 0.05) is 12.4 Å². The lowest BCUT2D eigenvalue weighted by Gasteiger charge is -2.12. The van der Waals surface area contributed by atoms with Crippen molar-refractivity contribution in [1.82, 2.24) is 10.3 Å². The average molecular weight is 191 g/mol. The molecule has 0 aliphatic rings. The molecule has 0 saturated heterocycles. The van der Waals surface area contributed by atoms with Gasteiger partial charge in [-0.25, -0.2) is 0 Å². The molecule has 1 unspecified atom stereocenters. The topological polar surface area (TPSA) is 65.8 Å². The molecule has 0 aromatic carbocycles. The van der Waals surface area contributed by atoms with Gasteiger partial charge >= 0.3 is 0 Å². The average Bonchev–Trinajstić information content (AvgIpc) is 2.19. The van der Waals surface area contributed by atoms with Crippen LogP contribution in [0, 0.1) is 5.41 Å². The van der Waals surface area contributed by atoms with Crippen molar-refractivity contribution in [3.05, 3.63) is 30.1 Å². The maximum absolute atomic E-state index is 11.2. The predicted molar refractivity (Wildman–Crippen MR) is 54.2 cm³/mol. The highest BCUT2D eigenvalue weighted by Crippen LogP contribution is 2.09. The summed E-state index contributed by atoms with van der Waals surface area (Å²) < 4.78 is 0. The highest BCUT2D eigenvalue weighted by atomic mass is 16.1. The van der Waals surface area contributed by atoms with Crippen LogP contribution in [0.25, 0.3) is 0 Å². The summed E-state index contributed by atoms with van der Waals surface area (Å²) in [7, 11) is 0. The molecule has 0 aliphatic heterocycles. The van der Waals surface area contributed by atoms with E-state index in [1.54, 1.807) is 12.4 Å². The van der Waals surface area contributed by atoms with Crippen LogP contribution in [0.2, 0.25) is 0 Å². The Morgan fingerprint density at radius 1 is 1.64 bits per heavy atom. The van der Waals surface area contributed by atoms with Gasteiger partial charge in [-0.3, -0.25) is 15.2 Å². The minimum Gasteiger partial charge on any atom is -0.344 e. The molecule has 1 amide bonds. The van der Waals surface area contributed by atoms with Crippen molar-refractivity contribution < 1.29 is 4.79 Å². The summed E-state index contributed by atoms with van der Waals surface area (Å²) in [6.45, 7) is 3.32. The summed E-state index contributed by atoms with van der Waals surface area (Å²) in [5.74, 6) is -0.346. The van der Waals surface area contributed by atoms with E-state index in [2.05, 4.69) is 10.3 Å². The molecule has 0 radical (unpaired) electrons. The highest BCUT2D eigenvalue weighted by molar-refractivity contribution is 6.36. The fourth-order valence-corrected chi connectivity index (χ4v) is 1.02. The van der Waals surface area contributed by atoms with Gasteiger partial charge < -0.3 is 5.32 Å². The van der Waals surface area contributed by atoms with E-state index in [0.29, 0.717) is 0 Å². The maximum atomic E-state index is 11.2. The first-order valence-corrected chi connectivity index (χ1v) is 4.37. The van der Waals surface area contributed by atoms with E-state index in [0.717, 1.165) is 5.56 Å². The van der Waals surface area contributed by atoms with Crippen LogP contribution < -0.4 is 5.32 Å². The molecule has 0 aliphatic carbocycles. The lowest BCUT2D eigenvalue weighted by atomic mass is 10.1. The van der Waals surface area contributed by atoms with Crippen molar-refractivity contribution in [3.8, 4) is 0 Å². The number of nitrogens with one attached hydrogen (secondary N) is 2. The molecule has 4 heteroatoms. The van der Waals surface area contributed by atoms with Crippen molar-refractivity contribution in [3.63, 3.8) is 0 Å². The van der Waals surface area contributed by atoms with Gasteiger partial charge in [0.2, 0.25) is 0 Å². The number of carbonyl (C=O) groups is 1. The van der Waals surface area contributed by atoms with Crippen LogP contribution in [-0.4, -0.2) is 16.6 Å². The van der Waals surface area contributed by atoms with Gasteiger partial charge in [0.15, 0.2) is 0 Å². The Balaban J connectivity index is 2.64. The number of carbonyl (C=O) groups excluding carboxylic acids is 1. The molecular formula is C10H13N3O. The molecule has 0 spiro atoms. The number of aromatic nitrogens is 1. The first-order chi connectivity index (χ1) is 6.61. The molecule has 74 valence electrons. The molecule has 14 heavy (non-hydrogen) atoms. The largest absolute Gasteiger partial charge is 0.344 e. The lowest BCUT2D eigenvalue weighted by molar-refractivity contribution is -0.115. The van der Waals surface area contributed by atoms with Crippen LogP contribution in [-0.2, 0) is 4.79 Å². The molecule has 1 aromatic rings. The molecule has 1 atom stereocenters. The van der Waals surface area contributed by atoms with Crippen molar-refractivity contribution in [2.75, 3.05) is 0 Å². The van der Waals surface area contributed by atoms with Crippen molar-refractivity contribution >= 4 is 11.6 Å². The SMILES string of the molecule is CC(=N)C(=O)NC(C)c1cccnc1. The molecule has 2 N–H and O–H groups in total. The van der Waals surface area contributed by atoms with Gasteiger partial charge in [-0.15, -0.1) is 0 Å². The van der Waals surface area contributed by atoms with Crippen LogP contribution in [0.3, 0.4) is 0 Å². The first kappa shape index (κ1) is 10.4. The first-order valence-electron chi connectivity index (χ1n) is 4.37. The van der Waals surface area contributed by atoms with Crippen molar-refractivity contribution in [1.29, 1.82) is 5.41 Å². The van der Waals surface area contributed by atoms with Crippen LogP contribution in [0.1, 0.15) is 25.5 Å². The summed E-state index contributed by atoms with van der Waals surface area (Å²) in [6, 6.07) is 3.59. The molecule has 1 aromatic heterocycles. The van der Waals surface area contributed by atoms with E-state index in [4.69, 9.17) is 5.41 Å². The summed E-state index contributed by atoms with van der Waals surface area (Å²) in [6.07, 6.45) is 3.38. The monoisotopic (exact) mass is 191 g/mol. The third-order valence-electron chi connectivity index (χ3n) is 1.87. The van der Waals surface area contributed by atoms with E-state index in [-0.39, 0.29) is 17.7 Å². The zero-order valence-corrected chi connectivity index (χ0v) is 8.24. The van der Waals surface area contributed by atoms with Gasteiger partial charge in [-0.05, 0) is 25.5 Å². The van der Waals surface area contributed by atoms with Crippen molar-refractivity contribution in [2.45, 2.75) is 19.9 Å². The Bertz CT molecular complexity index is 334. The number of hydrogen-bond donors (Lipinski definition) is 2. The third kappa shape index (κ3) is 2.65. The van der Waals surface area contributed by atoms with Crippen LogP contribution in [0.4, 0.5) is 0 Å². The quantitative estimate of drug-likeness (QED) is 0.707. The minimum absolute atomic E-state index is 0.0146. The normalized spacial score (nSPS) is 11.9. The molecular weight excluding hydrogens is 178 g/mol. The van der Waals surface area contributed by atoms with Gasteiger partial charge in [0.1, 0.15) is 0 Å². The van der Waals surface area contributed by atoms with Crippen LogP contribution in [0.5, 0.6) is 0 Å². The number of pyridine rings is 1. The van der Waals surface area contributed by atoms with Gasteiger partial charge in [0.05, 0.1) is 11.8 Å². The standard InChI is InChI=1S/C10H13N3O/c1-7(11)10(14)13-8(2)9-4-3-5-12-6-9/h3-6,8,11H,1-2H3,(H,13,14). The second kappa shape index (κ2) is 4.50. The van der Waals surface area contributed by atoms with E-state index in [1.807, 2.05) is 19.1 Å². The van der Waals surface area contributed by atoms with Gasteiger partial charge in [-0.1, -0.05) is 6.07 Å². The number of hydrogen-bond acceptors (Lipinski definition) is 3. The maximum Gasteiger partial charge on any atom is 0.265 e. The predicted octanol–water partition coefficient (Wildman–Crippen LogP) is 1.30. The van der Waals surface area contributed by atoms with Gasteiger partial charge in [-0.2, -0.15) is 0 Å². The Morgan fingerprint density at radius 2 is 2.36 bits per heavy atom. The van der Waals surface area contributed by atoms with E-state index in [9.17, 15) is 4.79 Å². The summed E-state index contributed by atoms with van der Waals surface area (Å²) in [5.41, 5.74) is 0.947. The molecule has 1 heterocycles. The van der Waals surface area contributed by atoms with Crippen LogP contribution >= 0.6 is 0 Å². The number of nitrogens with zero attached hydrogens (tertiary/aromatic N) is 1. The molecule has 0 bridgehead atoms. The Labute approximate surface area is 82.9 Å². The van der Waals surface area contributed by atoms with Crippen molar-refractivity contribution in [2.24, 2.45) is 0 Å². The summed E-state index contributed by atoms with van der Waals surface area (Å²) >= 11 is 0. The summed E-state index contributed by atoms with van der Waals surface area (Å²) in [5, 5.41) is 9.82. The van der Waals surface area contributed by atoms with E-state index in [1.165, 1.54) is 6.92 Å². The van der Waals surface area contributed by atoms with Crippen LogP contribution in [0.15, 0.2) is 24.5 Å². The fourth-order valence-electron chi connectivity index (χ4n) is 1.02. The zero-order chi connectivity index (χ0) is 10.6. The molecule has 4 nitrogen and oxygen atoms in total. The second-order valence-electron chi connectivity index (χ2n) is 3.11. The third-order valence-corrected chi connectivity index (χ3v) is 1.87. The second-order valence-corrected chi connectivity index (χ2v) is 3.11. The Morgan fingerprint density at radius 3 is 2.86 bits per heavy atom.